The topological polar surface area (TPSA) is 92.1 Å². The molecule has 3 aromatic heterocycles. The van der Waals surface area contributed by atoms with Gasteiger partial charge in [0.1, 0.15) is 16.6 Å². The van der Waals surface area contributed by atoms with Crippen LogP contribution < -0.4 is 0 Å². The molecule has 9 nitrogen and oxygen atoms in total. The summed E-state index contributed by atoms with van der Waals surface area (Å²) in [5.41, 5.74) is 4.81. The monoisotopic (exact) mass is 366 g/mol. The molecular weight excluding hydrogens is 354 g/mol. The summed E-state index contributed by atoms with van der Waals surface area (Å²) in [5.74, 6) is 0. The van der Waals surface area contributed by atoms with E-state index in [-0.39, 0.29) is 0 Å². The van der Waals surface area contributed by atoms with Gasteiger partial charge in [0.25, 0.3) is 0 Å². The number of hydrogen-bond acceptors (Lipinski definition) is 6. The fourth-order valence-electron chi connectivity index (χ4n) is 3.32. The number of para-hydroxylation sites is 3. The fraction of sp³-hybridized carbons (Fsp3) is 0. The van der Waals surface area contributed by atoms with Crippen molar-refractivity contribution in [2.24, 2.45) is 0 Å². The predicted octanol–water partition coefficient (Wildman–Crippen LogP) is 2.31. The third-order valence-electron chi connectivity index (χ3n) is 4.62. The van der Waals surface area contributed by atoms with Gasteiger partial charge in [-0.2, -0.15) is 14.0 Å². The van der Waals surface area contributed by atoms with E-state index in [0.29, 0.717) is 6.29 Å². The summed E-state index contributed by atoms with van der Waals surface area (Å²) in [6, 6.07) is 23.2. The molecule has 0 N–H and O–H groups in total. The van der Waals surface area contributed by atoms with Crippen molar-refractivity contribution in [3.63, 3.8) is 0 Å². The molecule has 9 heteroatoms. The van der Waals surface area contributed by atoms with Crippen LogP contribution >= 0.6 is 0 Å². The minimum absolute atomic E-state index is 0.552. The van der Waals surface area contributed by atoms with Crippen LogP contribution in [0.4, 0.5) is 0 Å². The normalized spacial score (nSPS) is 11.9. The van der Waals surface area contributed by atoms with Crippen molar-refractivity contribution in [1.29, 1.82) is 0 Å². The van der Waals surface area contributed by atoms with Gasteiger partial charge in [0.05, 0.1) is 16.6 Å². The summed E-state index contributed by atoms with van der Waals surface area (Å²) < 4.78 is 5.12. The van der Waals surface area contributed by atoms with Crippen LogP contribution in [0.3, 0.4) is 0 Å². The molecule has 6 rings (SSSR count). The SMILES string of the molecule is c1ccc2c(c1)nnn2[C](n1nnc2ccccc21)n1nnc2ccccc21. The molecule has 0 atom stereocenters. The lowest BCUT2D eigenvalue weighted by Gasteiger charge is -2.17. The lowest BCUT2D eigenvalue weighted by Crippen LogP contribution is -2.30. The highest BCUT2D eigenvalue weighted by Gasteiger charge is 2.28. The van der Waals surface area contributed by atoms with Gasteiger partial charge in [-0.1, -0.05) is 52.0 Å². The fourth-order valence-corrected chi connectivity index (χ4v) is 3.32. The van der Waals surface area contributed by atoms with E-state index in [4.69, 9.17) is 0 Å². The van der Waals surface area contributed by atoms with Crippen molar-refractivity contribution in [3.8, 4) is 0 Å². The summed E-state index contributed by atoms with van der Waals surface area (Å²) in [7, 11) is 0. The van der Waals surface area contributed by atoms with Crippen LogP contribution in [0, 0.1) is 6.29 Å². The van der Waals surface area contributed by atoms with Crippen molar-refractivity contribution in [3.05, 3.63) is 79.1 Å². The highest BCUT2D eigenvalue weighted by atomic mass is 15.7. The van der Waals surface area contributed by atoms with Crippen LogP contribution in [0.2, 0.25) is 0 Å². The molecule has 133 valence electrons. The third-order valence-corrected chi connectivity index (χ3v) is 4.62. The second-order valence-corrected chi connectivity index (χ2v) is 6.27. The van der Waals surface area contributed by atoms with E-state index >= 15 is 0 Å². The molecule has 6 aromatic rings. The Morgan fingerprint density at radius 3 is 1.14 bits per heavy atom. The first-order valence-electron chi connectivity index (χ1n) is 8.69. The molecule has 1 radical (unpaired) electrons. The molecule has 28 heavy (non-hydrogen) atoms. The van der Waals surface area contributed by atoms with Crippen molar-refractivity contribution in [1.82, 2.24) is 45.0 Å². The maximum Gasteiger partial charge on any atom is 0.325 e. The molecule has 0 spiro atoms. The van der Waals surface area contributed by atoms with Gasteiger partial charge in [0.2, 0.25) is 0 Å². The molecule has 0 unspecified atom stereocenters. The second kappa shape index (κ2) is 5.68. The first-order valence-corrected chi connectivity index (χ1v) is 8.69. The quantitative estimate of drug-likeness (QED) is 0.477. The number of fused-ring (bicyclic) bond motifs is 3. The van der Waals surface area contributed by atoms with Crippen LogP contribution in [-0.4, -0.2) is 45.0 Å². The number of benzene rings is 3. The minimum Gasteiger partial charge on any atom is -0.190 e. The van der Waals surface area contributed by atoms with Gasteiger partial charge >= 0.3 is 6.29 Å². The van der Waals surface area contributed by atoms with E-state index in [0.717, 1.165) is 33.1 Å². The maximum atomic E-state index is 4.37. The Hall–Kier alpha value is -4.14. The zero-order chi connectivity index (χ0) is 18.5. The van der Waals surface area contributed by atoms with Gasteiger partial charge in [-0.05, 0) is 36.4 Å². The lowest BCUT2D eigenvalue weighted by molar-refractivity contribution is 0.456. The van der Waals surface area contributed by atoms with Gasteiger partial charge in [-0.3, -0.25) is 0 Å². The average Bonchev–Trinajstić information content (AvgIpc) is 3.47. The largest absolute Gasteiger partial charge is 0.325 e. The van der Waals surface area contributed by atoms with Gasteiger partial charge in [-0.25, -0.2) is 0 Å². The zero-order valence-corrected chi connectivity index (χ0v) is 14.5. The summed E-state index contributed by atoms with van der Waals surface area (Å²) in [6.45, 7) is 0. The van der Waals surface area contributed by atoms with Gasteiger partial charge < -0.3 is 0 Å². The molecule has 0 aliphatic heterocycles. The van der Waals surface area contributed by atoms with E-state index in [2.05, 4.69) is 30.9 Å². The van der Waals surface area contributed by atoms with Gasteiger partial charge in [0.15, 0.2) is 0 Å². The Morgan fingerprint density at radius 2 is 0.786 bits per heavy atom. The zero-order valence-electron chi connectivity index (χ0n) is 14.5. The highest BCUT2D eigenvalue weighted by Crippen LogP contribution is 2.24. The van der Waals surface area contributed by atoms with E-state index in [9.17, 15) is 0 Å². The Kier molecular flexibility index (Phi) is 3.04. The van der Waals surface area contributed by atoms with Gasteiger partial charge in [0, 0.05) is 0 Å². The Balaban J connectivity index is 1.69. The number of rotatable bonds is 3. The van der Waals surface area contributed by atoms with Crippen LogP contribution in [-0.2, 0) is 0 Å². The van der Waals surface area contributed by atoms with Crippen molar-refractivity contribution >= 4 is 33.1 Å². The maximum absolute atomic E-state index is 4.37. The first-order chi connectivity index (χ1) is 13.9. The summed E-state index contributed by atoms with van der Waals surface area (Å²) >= 11 is 0. The highest BCUT2D eigenvalue weighted by molar-refractivity contribution is 5.78. The molecule has 0 saturated carbocycles. The third kappa shape index (κ3) is 2.07. The molecule has 0 saturated heterocycles. The molecule has 3 aromatic carbocycles. The standard InChI is InChI=1S/C19H12N9/c1-4-10-16-13(7-1)20-23-26(16)19(27-17-11-5-2-8-14(17)21-24-27)28-18-12-6-3-9-15(18)22-25-28/h1-12H. The van der Waals surface area contributed by atoms with E-state index in [1.54, 1.807) is 14.0 Å². The molecular formula is C19H12N9. The first kappa shape index (κ1) is 15.0. The Labute approximate surface area is 157 Å². The van der Waals surface area contributed by atoms with Gasteiger partial charge in [-0.15, -0.1) is 15.3 Å². The lowest BCUT2D eigenvalue weighted by atomic mass is 10.3. The van der Waals surface area contributed by atoms with Crippen LogP contribution in [0.25, 0.3) is 33.1 Å². The second-order valence-electron chi connectivity index (χ2n) is 6.27. The predicted molar refractivity (Wildman–Crippen MR) is 102 cm³/mol. The number of nitrogens with zero attached hydrogens (tertiary/aromatic N) is 9. The van der Waals surface area contributed by atoms with Crippen molar-refractivity contribution in [2.45, 2.75) is 0 Å². The average molecular weight is 366 g/mol. The van der Waals surface area contributed by atoms with E-state index in [1.165, 1.54) is 0 Å². The van der Waals surface area contributed by atoms with Crippen LogP contribution in [0.1, 0.15) is 0 Å². The summed E-state index contributed by atoms with van der Waals surface area (Å²) in [6.07, 6.45) is 0.552. The van der Waals surface area contributed by atoms with E-state index < -0.39 is 0 Å². The van der Waals surface area contributed by atoms with Crippen molar-refractivity contribution in [2.75, 3.05) is 0 Å². The Morgan fingerprint density at radius 1 is 0.464 bits per heavy atom. The number of aromatic nitrogens is 9. The van der Waals surface area contributed by atoms with E-state index in [1.807, 2.05) is 72.8 Å². The van der Waals surface area contributed by atoms with Crippen LogP contribution in [0.15, 0.2) is 72.8 Å². The molecule has 0 aliphatic rings. The molecule has 3 heterocycles. The molecule has 0 fully saturated rings. The van der Waals surface area contributed by atoms with Crippen molar-refractivity contribution < 1.29 is 0 Å². The summed E-state index contributed by atoms with van der Waals surface area (Å²) in [4.78, 5) is 0. The molecule has 0 aliphatic carbocycles. The molecule has 0 bridgehead atoms. The smallest absolute Gasteiger partial charge is 0.190 e. The minimum atomic E-state index is 0.552. The molecule has 0 amide bonds. The summed E-state index contributed by atoms with van der Waals surface area (Å²) in [5, 5.41) is 26.0. The number of hydrogen-bond donors (Lipinski definition) is 0. The Bertz CT molecular complexity index is 1270. The van der Waals surface area contributed by atoms with Crippen LogP contribution in [0.5, 0.6) is 0 Å².